The van der Waals surface area contributed by atoms with Gasteiger partial charge in [-0.05, 0) is 35.7 Å². The summed E-state index contributed by atoms with van der Waals surface area (Å²) in [5.41, 5.74) is 1.67. The van der Waals surface area contributed by atoms with Crippen LogP contribution in [0.2, 0.25) is 0 Å². The molecule has 2 unspecified atom stereocenters. The summed E-state index contributed by atoms with van der Waals surface area (Å²) in [5, 5.41) is 15.8. The van der Waals surface area contributed by atoms with Gasteiger partial charge in [0.05, 0.1) is 21.5 Å². The Kier molecular flexibility index (Phi) is 4.44. The number of hydrogen-bond acceptors (Lipinski definition) is 3. The Balaban J connectivity index is 2.25. The van der Waals surface area contributed by atoms with Crippen LogP contribution in [0.3, 0.4) is 0 Å². The standard InChI is InChI=1S/C13H21BrN2OS/c1-4-10-12(14)11(16(5-2)15-10)7-13(17)6-9(3)18-8-13/h9,17H,4-8H2,1-3H3. The molecule has 1 aliphatic heterocycles. The number of nitrogens with zero attached hydrogens (tertiary/aromatic N) is 2. The smallest absolute Gasteiger partial charge is 0.0803 e. The second-order valence-corrected chi connectivity index (χ2v) is 7.32. The number of rotatable bonds is 4. The second-order valence-electron chi connectivity index (χ2n) is 5.10. The number of halogens is 1. The van der Waals surface area contributed by atoms with Gasteiger partial charge >= 0.3 is 0 Å². The molecule has 1 fully saturated rings. The van der Waals surface area contributed by atoms with E-state index in [-0.39, 0.29) is 0 Å². The molecule has 1 aliphatic rings. The van der Waals surface area contributed by atoms with Gasteiger partial charge in [-0.1, -0.05) is 13.8 Å². The van der Waals surface area contributed by atoms with Crippen molar-refractivity contribution < 1.29 is 5.11 Å². The first-order chi connectivity index (χ1) is 8.49. The van der Waals surface area contributed by atoms with Crippen LogP contribution in [0.15, 0.2) is 4.47 Å². The Hall–Kier alpha value is -0.000000000000000111. The summed E-state index contributed by atoms with van der Waals surface area (Å²) >= 11 is 5.51. The zero-order chi connectivity index (χ0) is 13.3. The second kappa shape index (κ2) is 5.55. The van der Waals surface area contributed by atoms with Crippen LogP contribution in [0.25, 0.3) is 0 Å². The normalized spacial score (nSPS) is 27.9. The SMILES string of the molecule is CCc1nn(CC)c(CC2(O)CSC(C)C2)c1Br. The third-order valence-corrected chi connectivity index (χ3v) is 5.85. The van der Waals surface area contributed by atoms with Crippen LogP contribution in [-0.2, 0) is 19.4 Å². The average Bonchev–Trinajstić information content (AvgIpc) is 2.82. The first-order valence-electron chi connectivity index (χ1n) is 6.57. The molecule has 0 bridgehead atoms. The van der Waals surface area contributed by atoms with Crippen LogP contribution >= 0.6 is 27.7 Å². The molecule has 3 nitrogen and oxygen atoms in total. The van der Waals surface area contributed by atoms with E-state index >= 15 is 0 Å². The van der Waals surface area contributed by atoms with Crippen molar-refractivity contribution in [3.8, 4) is 0 Å². The molecular formula is C13H21BrN2OS. The van der Waals surface area contributed by atoms with Gasteiger partial charge in [0, 0.05) is 24.0 Å². The van der Waals surface area contributed by atoms with E-state index in [1.54, 1.807) is 0 Å². The molecule has 0 radical (unpaired) electrons. The van der Waals surface area contributed by atoms with Crippen LogP contribution in [0, 0.1) is 0 Å². The van der Waals surface area contributed by atoms with E-state index in [2.05, 4.69) is 41.8 Å². The lowest BCUT2D eigenvalue weighted by Crippen LogP contribution is -2.32. The first-order valence-corrected chi connectivity index (χ1v) is 8.41. The summed E-state index contributed by atoms with van der Waals surface area (Å²) in [6.07, 6.45) is 2.50. The van der Waals surface area contributed by atoms with Gasteiger partial charge in [-0.3, -0.25) is 4.68 Å². The molecule has 2 atom stereocenters. The minimum absolute atomic E-state index is 0.553. The fourth-order valence-corrected chi connectivity index (χ4v) is 4.52. The van der Waals surface area contributed by atoms with Gasteiger partial charge in [0.15, 0.2) is 0 Å². The highest BCUT2D eigenvalue weighted by molar-refractivity contribution is 9.10. The molecule has 2 rings (SSSR count). The maximum absolute atomic E-state index is 10.7. The van der Waals surface area contributed by atoms with Gasteiger partial charge in [-0.2, -0.15) is 16.9 Å². The van der Waals surface area contributed by atoms with Crippen molar-refractivity contribution in [3.05, 3.63) is 15.9 Å². The minimum Gasteiger partial charge on any atom is -0.389 e. The largest absolute Gasteiger partial charge is 0.389 e. The van der Waals surface area contributed by atoms with E-state index in [1.807, 2.05) is 16.4 Å². The quantitative estimate of drug-likeness (QED) is 0.920. The third kappa shape index (κ3) is 2.78. The Labute approximate surface area is 121 Å². The Bertz CT molecular complexity index is 435. The molecule has 0 spiro atoms. The summed E-state index contributed by atoms with van der Waals surface area (Å²) in [7, 11) is 0. The summed E-state index contributed by atoms with van der Waals surface area (Å²) in [4.78, 5) is 0. The highest BCUT2D eigenvalue weighted by atomic mass is 79.9. The van der Waals surface area contributed by atoms with Crippen LogP contribution in [0.1, 0.15) is 38.6 Å². The first kappa shape index (κ1) is 14.4. The highest BCUT2D eigenvalue weighted by Crippen LogP contribution is 2.38. The predicted octanol–water partition coefficient (Wildman–Crippen LogP) is 3.03. The zero-order valence-corrected chi connectivity index (χ0v) is 13.6. The Morgan fingerprint density at radius 1 is 1.56 bits per heavy atom. The van der Waals surface area contributed by atoms with Gasteiger partial charge in [-0.25, -0.2) is 0 Å². The lowest BCUT2D eigenvalue weighted by molar-refractivity contribution is 0.0619. The monoisotopic (exact) mass is 332 g/mol. The number of aliphatic hydroxyl groups is 1. The Morgan fingerprint density at radius 2 is 2.28 bits per heavy atom. The van der Waals surface area contributed by atoms with Gasteiger partial charge in [-0.15, -0.1) is 0 Å². The summed E-state index contributed by atoms with van der Waals surface area (Å²) in [6, 6.07) is 0. The lowest BCUT2D eigenvalue weighted by Gasteiger charge is -2.22. The lowest BCUT2D eigenvalue weighted by atomic mass is 9.94. The van der Waals surface area contributed by atoms with Gasteiger partial charge in [0.2, 0.25) is 0 Å². The van der Waals surface area contributed by atoms with E-state index in [0.717, 1.165) is 41.0 Å². The minimum atomic E-state index is -0.565. The number of aromatic nitrogens is 2. The van der Waals surface area contributed by atoms with Crippen molar-refractivity contribution in [2.45, 2.75) is 57.4 Å². The predicted molar refractivity (Wildman–Crippen MR) is 80.2 cm³/mol. The summed E-state index contributed by atoms with van der Waals surface area (Å²) < 4.78 is 3.11. The molecule has 5 heteroatoms. The molecule has 1 saturated heterocycles. The van der Waals surface area contributed by atoms with E-state index in [0.29, 0.717) is 11.7 Å². The van der Waals surface area contributed by atoms with Crippen molar-refractivity contribution in [3.63, 3.8) is 0 Å². The van der Waals surface area contributed by atoms with Crippen molar-refractivity contribution in [1.29, 1.82) is 0 Å². The highest BCUT2D eigenvalue weighted by Gasteiger charge is 2.37. The van der Waals surface area contributed by atoms with Gasteiger partial charge < -0.3 is 5.11 Å². The molecule has 0 aliphatic carbocycles. The fraction of sp³-hybridized carbons (Fsp3) is 0.769. The van der Waals surface area contributed by atoms with Crippen LogP contribution in [-0.4, -0.2) is 31.5 Å². The molecular weight excluding hydrogens is 312 g/mol. The van der Waals surface area contributed by atoms with E-state index < -0.39 is 5.60 Å². The molecule has 1 aromatic rings. The van der Waals surface area contributed by atoms with Crippen molar-refractivity contribution in [2.24, 2.45) is 0 Å². The summed E-state index contributed by atoms with van der Waals surface area (Å²) in [5.74, 6) is 0.830. The Morgan fingerprint density at radius 3 is 2.78 bits per heavy atom. The molecule has 0 saturated carbocycles. The molecule has 1 N–H and O–H groups in total. The van der Waals surface area contributed by atoms with E-state index in [9.17, 15) is 5.11 Å². The fourth-order valence-electron chi connectivity index (χ4n) is 2.57. The molecule has 1 aromatic heterocycles. The van der Waals surface area contributed by atoms with Crippen molar-refractivity contribution in [2.75, 3.05) is 5.75 Å². The maximum Gasteiger partial charge on any atom is 0.0803 e. The molecule has 0 amide bonds. The topological polar surface area (TPSA) is 38.0 Å². The zero-order valence-electron chi connectivity index (χ0n) is 11.2. The third-order valence-electron chi connectivity index (χ3n) is 3.49. The molecule has 2 heterocycles. The van der Waals surface area contributed by atoms with E-state index in [4.69, 9.17) is 0 Å². The molecule has 102 valence electrons. The van der Waals surface area contributed by atoms with Crippen LogP contribution < -0.4 is 0 Å². The number of hydrogen-bond donors (Lipinski definition) is 1. The van der Waals surface area contributed by atoms with Crippen molar-refractivity contribution in [1.82, 2.24) is 9.78 Å². The van der Waals surface area contributed by atoms with Crippen LogP contribution in [0.4, 0.5) is 0 Å². The van der Waals surface area contributed by atoms with E-state index in [1.165, 1.54) is 0 Å². The maximum atomic E-state index is 10.7. The van der Waals surface area contributed by atoms with Gasteiger partial charge in [0.25, 0.3) is 0 Å². The average molecular weight is 333 g/mol. The molecule has 0 aromatic carbocycles. The number of thioether (sulfide) groups is 1. The summed E-state index contributed by atoms with van der Waals surface area (Å²) in [6.45, 7) is 7.25. The number of aryl methyl sites for hydroxylation is 2. The van der Waals surface area contributed by atoms with Crippen molar-refractivity contribution >= 4 is 27.7 Å². The molecule has 18 heavy (non-hydrogen) atoms. The van der Waals surface area contributed by atoms with Crippen LogP contribution in [0.5, 0.6) is 0 Å². The van der Waals surface area contributed by atoms with Gasteiger partial charge in [0.1, 0.15) is 0 Å².